The molecule has 4 heterocycles. The van der Waals surface area contributed by atoms with Crippen LogP contribution in [0.15, 0.2) is 60.7 Å². The molecule has 0 radical (unpaired) electrons. The Bertz CT molecular complexity index is 2390. The van der Waals surface area contributed by atoms with Crippen molar-refractivity contribution in [3.05, 3.63) is 118 Å². The number of nitrogens with one attached hydrogen (secondary N) is 4. The fourth-order valence-corrected chi connectivity index (χ4v) is 9.15. The molecule has 0 saturated carbocycles. The second kappa shape index (κ2) is 21.6. The summed E-state index contributed by atoms with van der Waals surface area (Å²) >= 11 is 0. The number of nitrogens with zero attached hydrogens (tertiary/aromatic N) is 3. The molecule has 4 aliphatic rings. The van der Waals surface area contributed by atoms with E-state index in [2.05, 4.69) is 26.2 Å². The molecule has 4 aromatic rings. The van der Waals surface area contributed by atoms with E-state index >= 15 is 0 Å². The van der Waals surface area contributed by atoms with E-state index in [4.69, 9.17) is 10.8 Å². The molecule has 0 aliphatic carbocycles. The Labute approximate surface area is 380 Å². The number of Topliss-reactive ketones (excluding diaryl/α,β-unsaturated/α-hetero) is 2. The van der Waals surface area contributed by atoms with Gasteiger partial charge in [0.05, 0.1) is 12.1 Å². The van der Waals surface area contributed by atoms with Gasteiger partial charge >= 0.3 is 6.03 Å². The van der Waals surface area contributed by atoms with Gasteiger partial charge in [0.15, 0.2) is 23.2 Å². The lowest BCUT2D eigenvalue weighted by atomic mass is 9.77. The molecule has 2 saturated heterocycles. The maximum Gasteiger partial charge on any atom is 0.317 e. The zero-order valence-corrected chi connectivity index (χ0v) is 37.4. The van der Waals surface area contributed by atoms with E-state index in [0.717, 1.165) is 44.1 Å². The molecule has 2 amide bonds. The largest absolute Gasteiger partial charge is 0.395 e. The average Bonchev–Trinajstić information content (AvgIpc) is 3.31. The number of halogens is 6. The zero-order valence-electron chi connectivity index (χ0n) is 37.4. The Kier molecular flexibility index (Phi) is 16.3. The maximum atomic E-state index is 14.6. The summed E-state index contributed by atoms with van der Waals surface area (Å²) in [6, 6.07) is 13.3. The quantitative estimate of drug-likeness (QED) is 0.0931. The minimum Gasteiger partial charge on any atom is -0.395 e. The summed E-state index contributed by atoms with van der Waals surface area (Å²) in [4.78, 5) is 43.5. The highest BCUT2D eigenvalue weighted by molar-refractivity contribution is 6.05. The fraction of sp³-hybridized carbons (Fsp3) is 0.438. The number of amides is 2. The van der Waals surface area contributed by atoms with E-state index in [0.29, 0.717) is 61.3 Å². The van der Waals surface area contributed by atoms with Gasteiger partial charge in [0.25, 0.3) is 0 Å². The number of likely N-dealkylation sites (tertiary alicyclic amines) is 1. The Balaban J connectivity index is 0.000000187. The van der Waals surface area contributed by atoms with Crippen LogP contribution in [0.4, 0.5) is 53.9 Å². The van der Waals surface area contributed by atoms with Gasteiger partial charge in [0, 0.05) is 105 Å². The third-order valence-electron chi connectivity index (χ3n) is 13.1. The molecule has 18 heteroatoms. The van der Waals surface area contributed by atoms with Crippen molar-refractivity contribution in [1.82, 2.24) is 15.5 Å². The summed E-state index contributed by atoms with van der Waals surface area (Å²) in [6.07, 6.45) is 4.60. The fourth-order valence-electron chi connectivity index (χ4n) is 9.15. The number of ketones is 2. The van der Waals surface area contributed by atoms with Crippen molar-refractivity contribution >= 4 is 40.3 Å². The normalized spacial score (nSPS) is 17.0. The van der Waals surface area contributed by atoms with Crippen LogP contribution >= 0.6 is 0 Å². The molecular formula is C48H58F6N8O4. The topological polar surface area (TPSA) is 155 Å². The second-order valence-electron chi connectivity index (χ2n) is 17.1. The van der Waals surface area contributed by atoms with Crippen molar-refractivity contribution in [3.8, 4) is 0 Å². The molecule has 2 spiro atoms. The van der Waals surface area contributed by atoms with Crippen LogP contribution in [0.1, 0.15) is 83.7 Å². The summed E-state index contributed by atoms with van der Waals surface area (Å²) in [5, 5.41) is 20.1. The van der Waals surface area contributed by atoms with Crippen molar-refractivity contribution in [2.45, 2.75) is 76.0 Å². The van der Waals surface area contributed by atoms with Gasteiger partial charge in [0.2, 0.25) is 0 Å². The minimum absolute atomic E-state index is 0.00442. The van der Waals surface area contributed by atoms with Crippen LogP contribution in [0.2, 0.25) is 0 Å². The first-order chi connectivity index (χ1) is 31.6. The van der Waals surface area contributed by atoms with Gasteiger partial charge in [-0.05, 0) is 93.7 Å². The van der Waals surface area contributed by atoms with Gasteiger partial charge in [-0.25, -0.2) is 31.1 Å². The van der Waals surface area contributed by atoms with Gasteiger partial charge in [0.1, 0.15) is 34.6 Å². The average molecular weight is 925 g/mol. The molecule has 0 unspecified atom stereocenters. The first-order valence-corrected chi connectivity index (χ1v) is 22.2. The highest BCUT2D eigenvalue weighted by Crippen LogP contribution is 2.43. The predicted octanol–water partition coefficient (Wildman–Crippen LogP) is 7.49. The van der Waals surface area contributed by atoms with Crippen LogP contribution in [0.3, 0.4) is 0 Å². The maximum absolute atomic E-state index is 14.6. The lowest BCUT2D eigenvalue weighted by Gasteiger charge is -2.50. The summed E-state index contributed by atoms with van der Waals surface area (Å²) in [7, 11) is 3.91. The van der Waals surface area contributed by atoms with Crippen molar-refractivity contribution in [1.29, 1.82) is 0 Å². The Morgan fingerprint density at radius 1 is 0.712 bits per heavy atom. The number of hydrogen-bond acceptors (Lipinski definition) is 10. The number of piperidine rings is 2. The molecule has 0 bridgehead atoms. The van der Waals surface area contributed by atoms with Crippen LogP contribution in [0.5, 0.6) is 0 Å². The summed E-state index contributed by atoms with van der Waals surface area (Å²) in [6.45, 7) is 4.81. The summed E-state index contributed by atoms with van der Waals surface area (Å²) in [5.41, 5.74) is 7.27. The molecule has 2 fully saturated rings. The minimum atomic E-state index is -0.816. The van der Waals surface area contributed by atoms with Gasteiger partial charge in [-0.15, -0.1) is 0 Å². The van der Waals surface area contributed by atoms with Gasteiger partial charge in [-0.3, -0.25) is 9.59 Å². The van der Waals surface area contributed by atoms with Crippen LogP contribution in [-0.4, -0.2) is 98.7 Å². The van der Waals surface area contributed by atoms with E-state index in [1.54, 1.807) is 17.0 Å². The number of hydrogen-bond donors (Lipinski definition) is 6. The smallest absolute Gasteiger partial charge is 0.317 e. The van der Waals surface area contributed by atoms with E-state index in [1.165, 1.54) is 42.5 Å². The number of nitrogens with two attached hydrogens (primary N) is 1. The van der Waals surface area contributed by atoms with Crippen molar-refractivity contribution in [2.24, 2.45) is 5.73 Å². The molecule has 7 N–H and O–H groups in total. The first-order valence-electron chi connectivity index (χ1n) is 22.2. The van der Waals surface area contributed by atoms with Crippen LogP contribution in [0.25, 0.3) is 0 Å². The summed E-state index contributed by atoms with van der Waals surface area (Å²) in [5.74, 6) is -3.57. The first kappa shape index (κ1) is 49.6. The third-order valence-corrected chi connectivity index (χ3v) is 13.1. The third kappa shape index (κ3) is 10.7. The van der Waals surface area contributed by atoms with Gasteiger partial charge < -0.3 is 46.8 Å². The highest BCUT2D eigenvalue weighted by atomic mass is 19.2. The number of urea groups is 1. The molecule has 8 rings (SSSR count). The van der Waals surface area contributed by atoms with Crippen molar-refractivity contribution in [2.75, 3.05) is 80.4 Å². The van der Waals surface area contributed by atoms with Gasteiger partial charge in [-0.2, -0.15) is 0 Å². The lowest BCUT2D eigenvalue weighted by Crippen LogP contribution is -2.59. The van der Waals surface area contributed by atoms with Crippen LogP contribution in [0, 0.1) is 34.9 Å². The number of carbonyl (C=O) groups is 3. The summed E-state index contributed by atoms with van der Waals surface area (Å²) < 4.78 is 81.9. The number of rotatable bonds is 9. The van der Waals surface area contributed by atoms with Crippen LogP contribution < -0.4 is 36.8 Å². The molecule has 4 aromatic carbocycles. The van der Waals surface area contributed by atoms with Crippen molar-refractivity contribution < 1.29 is 45.8 Å². The number of anilines is 4. The number of aliphatic hydroxyl groups excluding tert-OH is 1. The van der Waals surface area contributed by atoms with Crippen LogP contribution in [-0.2, 0) is 13.1 Å². The van der Waals surface area contributed by atoms with E-state index < -0.39 is 34.6 Å². The molecule has 12 nitrogen and oxygen atoms in total. The second-order valence-corrected chi connectivity index (χ2v) is 17.1. The Hall–Kier alpha value is -5.85. The number of aliphatic hydroxyl groups is 1. The molecule has 4 aliphatic heterocycles. The molecule has 0 atom stereocenters. The van der Waals surface area contributed by atoms with E-state index in [1.807, 2.05) is 25.9 Å². The Morgan fingerprint density at radius 2 is 1.20 bits per heavy atom. The monoisotopic (exact) mass is 924 g/mol. The molecule has 0 aromatic heterocycles. The number of carbonyl (C=O) groups excluding carboxylic acids is 3. The lowest BCUT2D eigenvalue weighted by molar-refractivity contribution is 0.0887. The highest BCUT2D eigenvalue weighted by Gasteiger charge is 2.46. The van der Waals surface area contributed by atoms with Crippen molar-refractivity contribution in [3.63, 3.8) is 0 Å². The predicted molar refractivity (Wildman–Crippen MR) is 243 cm³/mol. The number of fused-ring (bicyclic) bond motifs is 2. The zero-order chi connectivity index (χ0) is 47.8. The van der Waals surface area contributed by atoms with E-state index in [9.17, 15) is 40.7 Å². The molecule has 66 heavy (non-hydrogen) atoms. The Morgan fingerprint density at radius 3 is 1.70 bits per heavy atom. The van der Waals surface area contributed by atoms with Gasteiger partial charge in [-0.1, -0.05) is 19.1 Å². The SMILES string of the molecule is CCCNc1c(F)ccc(CN)c1F.CN1c2ccc(F)cc2C(=O)CC12CCN(C(=O)NCc1ccc(F)c(NCCO)c1F)CC2.CN1c2ccc(F)cc2C(=O)CC12CCNCC2. The number of benzene rings is 4. The molecular weight excluding hydrogens is 867 g/mol. The molecule has 356 valence electrons. The standard InChI is InChI=1S/C24H27F3N4O3.C14H17FN2O.C10H14F2N2/c1-30-19-5-3-16(25)12-17(19)20(33)13-24(30)6-9-31(10-7-24)23(34)29-14-15-2-4-18(26)22(21(15)27)28-8-11-32;1-17-12-3-2-10(15)8-11(12)13(18)9-14(17)4-6-16-7-5-14;1-2-5-14-10-8(11)4-3-7(6-13)9(10)12/h2-5,12,28,32H,6-11,13-14H2,1H3,(H,29,34);2-3,8,16H,4-7,9H2,1H3;3-4,14H,2,5-6,13H2,1H3. The van der Waals surface area contributed by atoms with E-state index in [-0.39, 0.29) is 78.6 Å².